The average molecular weight is 359 g/mol. The van der Waals surface area contributed by atoms with E-state index in [-0.39, 0.29) is 30.3 Å². The number of amides is 1. The minimum atomic E-state index is -0.483. The van der Waals surface area contributed by atoms with Crippen LogP contribution in [-0.4, -0.2) is 40.1 Å². The van der Waals surface area contributed by atoms with E-state index in [0.29, 0.717) is 29.1 Å². The second kappa shape index (κ2) is 6.95. The molecule has 7 nitrogen and oxygen atoms in total. The van der Waals surface area contributed by atoms with Crippen LogP contribution in [0.15, 0.2) is 18.2 Å². The van der Waals surface area contributed by atoms with E-state index in [1.54, 1.807) is 17.9 Å². The van der Waals surface area contributed by atoms with E-state index in [9.17, 15) is 9.59 Å². The zero-order chi connectivity index (χ0) is 18.0. The number of fused-ring (bicyclic) bond motifs is 1. The lowest BCUT2D eigenvalue weighted by Crippen LogP contribution is -2.36. The molecule has 1 amide bonds. The van der Waals surface area contributed by atoms with Gasteiger partial charge in [0.25, 0.3) is 5.91 Å². The lowest BCUT2D eigenvalue weighted by atomic mass is 10.0. The van der Waals surface area contributed by atoms with E-state index in [2.05, 4.69) is 10.2 Å². The van der Waals surface area contributed by atoms with Crippen LogP contribution in [0.25, 0.3) is 0 Å². The summed E-state index contributed by atoms with van der Waals surface area (Å²) in [6.07, 6.45) is 0.537. The second-order valence-corrected chi connectivity index (χ2v) is 5.93. The molecule has 0 fully saturated rings. The molecule has 1 aliphatic rings. The number of aromatic nitrogens is 2. The van der Waals surface area contributed by atoms with Crippen molar-refractivity contribution in [2.75, 3.05) is 13.2 Å². The first kappa shape index (κ1) is 17.0. The van der Waals surface area contributed by atoms with Gasteiger partial charge in [0.15, 0.2) is 0 Å². The Morgan fingerprint density at radius 3 is 3.00 bits per heavy atom. The number of ether oxygens (including phenoxy) is 1. The summed E-state index contributed by atoms with van der Waals surface area (Å²) >= 11 is 5.91. The van der Waals surface area contributed by atoms with E-state index in [1.807, 2.05) is 6.07 Å². The molecule has 128 valence electrons. The molecule has 8 heteroatoms. The van der Waals surface area contributed by atoms with E-state index in [1.165, 1.54) is 12.1 Å². The summed E-state index contributed by atoms with van der Waals surface area (Å²) in [6, 6.07) is 6.56. The third-order valence-corrected chi connectivity index (χ3v) is 4.35. The zero-order valence-electron chi connectivity index (χ0n) is 13.5. The summed E-state index contributed by atoms with van der Waals surface area (Å²) in [4.78, 5) is 26.4. The molecule has 2 aromatic rings. The van der Waals surface area contributed by atoms with Crippen molar-refractivity contribution in [2.24, 2.45) is 0 Å². The van der Waals surface area contributed by atoms with Crippen molar-refractivity contribution in [2.45, 2.75) is 19.9 Å². The van der Waals surface area contributed by atoms with Crippen LogP contribution in [0.3, 0.4) is 0 Å². The molecular formula is C17H15ClN4O3. The smallest absolute Gasteiger partial charge is 0.356 e. The van der Waals surface area contributed by atoms with Gasteiger partial charge in [-0.25, -0.2) is 4.79 Å². The Morgan fingerprint density at radius 1 is 1.48 bits per heavy atom. The molecule has 0 atom stereocenters. The number of rotatable bonds is 3. The second-order valence-electron chi connectivity index (χ2n) is 5.53. The maximum Gasteiger partial charge on any atom is 0.356 e. The van der Waals surface area contributed by atoms with Crippen LogP contribution >= 0.6 is 11.6 Å². The Labute approximate surface area is 149 Å². The largest absolute Gasteiger partial charge is 0.461 e. The first-order valence-electron chi connectivity index (χ1n) is 7.77. The highest BCUT2D eigenvalue weighted by Gasteiger charge is 2.29. The molecule has 0 saturated carbocycles. The van der Waals surface area contributed by atoms with Crippen LogP contribution in [0, 0.1) is 11.3 Å². The monoisotopic (exact) mass is 358 g/mol. The lowest BCUT2D eigenvalue weighted by Gasteiger charge is -2.27. The third kappa shape index (κ3) is 3.21. The number of hydrogen-bond donors (Lipinski definition) is 1. The summed E-state index contributed by atoms with van der Waals surface area (Å²) in [6.45, 7) is 2.72. The number of aromatic amines is 1. The fourth-order valence-corrected chi connectivity index (χ4v) is 2.92. The summed E-state index contributed by atoms with van der Waals surface area (Å²) in [5, 5.41) is 16.2. The number of nitrogens with one attached hydrogen (secondary N) is 1. The summed E-state index contributed by atoms with van der Waals surface area (Å²) < 4.78 is 5.01. The van der Waals surface area contributed by atoms with Crippen LogP contribution in [0.1, 0.15) is 44.6 Å². The maximum atomic E-state index is 12.7. The van der Waals surface area contributed by atoms with E-state index in [4.69, 9.17) is 21.6 Å². The quantitative estimate of drug-likeness (QED) is 0.849. The number of halogens is 1. The van der Waals surface area contributed by atoms with Crippen LogP contribution in [0.2, 0.25) is 5.02 Å². The molecule has 3 rings (SSSR count). The van der Waals surface area contributed by atoms with Crippen LogP contribution < -0.4 is 0 Å². The zero-order valence-corrected chi connectivity index (χ0v) is 14.3. The van der Waals surface area contributed by atoms with Crippen molar-refractivity contribution >= 4 is 23.5 Å². The van der Waals surface area contributed by atoms with Gasteiger partial charge < -0.3 is 9.64 Å². The number of carbonyl (C=O) groups excluding carboxylic acids is 2. The Kier molecular flexibility index (Phi) is 4.72. The lowest BCUT2D eigenvalue weighted by molar-refractivity contribution is 0.0513. The van der Waals surface area contributed by atoms with Crippen LogP contribution in [0.4, 0.5) is 0 Å². The molecular weight excluding hydrogens is 344 g/mol. The molecule has 0 bridgehead atoms. The Hall–Kier alpha value is -2.85. The molecule has 0 radical (unpaired) electrons. The van der Waals surface area contributed by atoms with Gasteiger partial charge in [-0.05, 0) is 25.1 Å². The number of carbonyl (C=O) groups is 2. The number of esters is 1. The van der Waals surface area contributed by atoms with Crippen molar-refractivity contribution in [3.05, 3.63) is 51.3 Å². The van der Waals surface area contributed by atoms with Gasteiger partial charge in [0.2, 0.25) is 0 Å². The summed E-state index contributed by atoms with van der Waals surface area (Å²) in [5.74, 6) is -0.710. The van der Waals surface area contributed by atoms with Gasteiger partial charge in [0.05, 0.1) is 29.4 Å². The van der Waals surface area contributed by atoms with Gasteiger partial charge in [-0.15, -0.1) is 0 Å². The molecule has 1 aromatic carbocycles. The standard InChI is InChI=1S/C17H15ClN4O3/c1-2-25-17(24)15-12-9-22(6-5-14(12)20-21-15)16(23)10-3-4-13(18)11(7-10)8-19/h3-4,7H,2,5-6,9H2,1H3,(H,20,21). The summed E-state index contributed by atoms with van der Waals surface area (Å²) in [5.41, 5.74) is 2.35. The first-order chi connectivity index (χ1) is 12.0. The van der Waals surface area contributed by atoms with Crippen molar-refractivity contribution in [1.82, 2.24) is 15.1 Å². The molecule has 2 heterocycles. The van der Waals surface area contributed by atoms with Crippen molar-refractivity contribution in [3.8, 4) is 6.07 Å². The Balaban J connectivity index is 1.85. The fourth-order valence-electron chi connectivity index (χ4n) is 2.76. The number of nitrogens with zero attached hydrogens (tertiary/aromatic N) is 3. The normalized spacial score (nSPS) is 13.1. The van der Waals surface area contributed by atoms with Gasteiger partial charge in [-0.1, -0.05) is 11.6 Å². The number of hydrogen-bond acceptors (Lipinski definition) is 5. The fraction of sp³-hybridized carbons (Fsp3) is 0.294. The Bertz CT molecular complexity index is 885. The topological polar surface area (TPSA) is 99.1 Å². The van der Waals surface area contributed by atoms with Gasteiger partial charge in [-0.2, -0.15) is 10.4 Å². The van der Waals surface area contributed by atoms with Gasteiger partial charge >= 0.3 is 5.97 Å². The first-order valence-corrected chi connectivity index (χ1v) is 8.15. The molecule has 1 N–H and O–H groups in total. The minimum Gasteiger partial charge on any atom is -0.461 e. The minimum absolute atomic E-state index is 0.227. The summed E-state index contributed by atoms with van der Waals surface area (Å²) in [7, 11) is 0. The maximum absolute atomic E-state index is 12.7. The SMILES string of the molecule is CCOC(=O)c1[nH]nc2c1CN(C(=O)c1ccc(Cl)c(C#N)c1)CC2. The van der Waals surface area contributed by atoms with Crippen molar-refractivity contribution < 1.29 is 14.3 Å². The highest BCUT2D eigenvalue weighted by Crippen LogP contribution is 2.24. The molecule has 1 aliphatic heterocycles. The predicted octanol–water partition coefficient (Wildman–Crippen LogP) is 2.31. The molecule has 25 heavy (non-hydrogen) atoms. The van der Waals surface area contributed by atoms with Crippen LogP contribution in [-0.2, 0) is 17.7 Å². The number of nitriles is 1. The Morgan fingerprint density at radius 2 is 2.28 bits per heavy atom. The molecule has 0 saturated heterocycles. The predicted molar refractivity (Wildman–Crippen MR) is 89.2 cm³/mol. The van der Waals surface area contributed by atoms with Gasteiger partial charge in [-0.3, -0.25) is 9.89 Å². The van der Waals surface area contributed by atoms with E-state index < -0.39 is 5.97 Å². The van der Waals surface area contributed by atoms with E-state index in [0.717, 1.165) is 5.69 Å². The van der Waals surface area contributed by atoms with Crippen molar-refractivity contribution in [1.29, 1.82) is 5.26 Å². The van der Waals surface area contributed by atoms with Gasteiger partial charge in [0, 0.05) is 24.1 Å². The van der Waals surface area contributed by atoms with Crippen LogP contribution in [0.5, 0.6) is 0 Å². The van der Waals surface area contributed by atoms with E-state index >= 15 is 0 Å². The molecule has 0 aliphatic carbocycles. The average Bonchev–Trinajstić information content (AvgIpc) is 3.05. The number of H-pyrrole nitrogens is 1. The van der Waals surface area contributed by atoms with Gasteiger partial charge in [0.1, 0.15) is 11.8 Å². The number of benzene rings is 1. The molecule has 0 spiro atoms. The molecule has 1 aromatic heterocycles. The highest BCUT2D eigenvalue weighted by atomic mass is 35.5. The van der Waals surface area contributed by atoms with Crippen molar-refractivity contribution in [3.63, 3.8) is 0 Å². The third-order valence-electron chi connectivity index (χ3n) is 4.02. The molecule has 0 unspecified atom stereocenters. The highest BCUT2D eigenvalue weighted by molar-refractivity contribution is 6.31.